The minimum Gasteiger partial charge on any atom is -0.382 e. The second kappa shape index (κ2) is 10.7. The molecule has 0 rings (SSSR count). The molecule has 0 fully saturated rings. The maximum atomic E-state index is 5.32. The van der Waals surface area contributed by atoms with E-state index in [1.54, 1.807) is 7.11 Å². The molecular weight excluding hydrogens is 178 g/mol. The van der Waals surface area contributed by atoms with Crippen molar-refractivity contribution in [1.82, 2.24) is 5.32 Å². The molecule has 0 saturated heterocycles. The quantitative estimate of drug-likeness (QED) is 0.430. The van der Waals surface area contributed by atoms with Crippen molar-refractivity contribution in [3.05, 3.63) is 12.2 Å². The molecule has 0 aromatic carbocycles. The van der Waals surface area contributed by atoms with E-state index in [2.05, 4.69) is 18.8 Å². The summed E-state index contributed by atoms with van der Waals surface area (Å²) in [5.74, 6) is 0. The van der Waals surface area contributed by atoms with E-state index in [-0.39, 0.29) is 0 Å². The van der Waals surface area contributed by atoms with Gasteiger partial charge in [-0.1, -0.05) is 19.1 Å². The van der Waals surface area contributed by atoms with E-state index >= 15 is 0 Å². The topological polar surface area (TPSA) is 30.5 Å². The highest BCUT2D eigenvalue weighted by Gasteiger charge is 1.91. The minimum atomic E-state index is 0.681. The van der Waals surface area contributed by atoms with Crippen LogP contribution in [0.4, 0.5) is 0 Å². The first-order chi connectivity index (χ1) is 6.81. The summed E-state index contributed by atoms with van der Waals surface area (Å²) in [6, 6.07) is 0. The molecule has 0 aliphatic heterocycles. The predicted molar refractivity (Wildman–Crippen MR) is 59.6 cm³/mol. The lowest BCUT2D eigenvalue weighted by molar-refractivity contribution is 0.0695. The summed E-state index contributed by atoms with van der Waals surface area (Å²) in [6.45, 7) is 10.1. The van der Waals surface area contributed by atoms with Crippen LogP contribution < -0.4 is 5.32 Å². The van der Waals surface area contributed by atoms with Crippen molar-refractivity contribution in [3.8, 4) is 0 Å². The molecule has 3 nitrogen and oxygen atoms in total. The average Bonchev–Trinajstić information content (AvgIpc) is 2.21. The number of hydrogen-bond acceptors (Lipinski definition) is 3. The number of rotatable bonds is 10. The Kier molecular flexibility index (Phi) is 10.4. The van der Waals surface area contributed by atoms with Crippen LogP contribution in [0, 0.1) is 0 Å². The average molecular weight is 201 g/mol. The molecule has 84 valence electrons. The molecule has 0 aromatic heterocycles. The van der Waals surface area contributed by atoms with Crippen LogP contribution in [0.3, 0.4) is 0 Å². The lowest BCUT2D eigenvalue weighted by Crippen LogP contribution is -2.19. The third-order valence-corrected chi connectivity index (χ3v) is 1.95. The van der Waals surface area contributed by atoms with Crippen LogP contribution >= 0.6 is 0 Å². The Labute approximate surface area is 87.5 Å². The zero-order chi connectivity index (χ0) is 10.6. The Morgan fingerprint density at radius 3 is 2.71 bits per heavy atom. The van der Waals surface area contributed by atoms with Crippen molar-refractivity contribution in [3.63, 3.8) is 0 Å². The van der Waals surface area contributed by atoms with Gasteiger partial charge in [-0.05, 0) is 19.4 Å². The van der Waals surface area contributed by atoms with Crippen LogP contribution in [0.2, 0.25) is 0 Å². The SMILES string of the molecule is C=C(CC)CNCCCOCCOC. The molecule has 0 bridgehead atoms. The molecule has 1 N–H and O–H groups in total. The second-order valence-electron chi connectivity index (χ2n) is 3.24. The molecule has 0 aliphatic rings. The Morgan fingerprint density at radius 2 is 2.07 bits per heavy atom. The molecule has 14 heavy (non-hydrogen) atoms. The third-order valence-electron chi connectivity index (χ3n) is 1.95. The van der Waals surface area contributed by atoms with Gasteiger partial charge in [0.05, 0.1) is 13.2 Å². The molecular formula is C11H23NO2. The van der Waals surface area contributed by atoms with Gasteiger partial charge >= 0.3 is 0 Å². The van der Waals surface area contributed by atoms with Crippen molar-refractivity contribution in [1.29, 1.82) is 0 Å². The van der Waals surface area contributed by atoms with Gasteiger partial charge in [0.1, 0.15) is 0 Å². The van der Waals surface area contributed by atoms with Gasteiger partial charge in [0.2, 0.25) is 0 Å². The van der Waals surface area contributed by atoms with Crippen LogP contribution in [0.15, 0.2) is 12.2 Å². The first-order valence-corrected chi connectivity index (χ1v) is 5.25. The second-order valence-corrected chi connectivity index (χ2v) is 3.24. The first kappa shape index (κ1) is 13.6. The summed E-state index contributed by atoms with van der Waals surface area (Å²) >= 11 is 0. The van der Waals surface area contributed by atoms with Gasteiger partial charge in [0.15, 0.2) is 0 Å². The molecule has 0 saturated carbocycles. The predicted octanol–water partition coefficient (Wildman–Crippen LogP) is 1.60. The Balaban J connectivity index is 2.95. The lowest BCUT2D eigenvalue weighted by atomic mass is 10.2. The van der Waals surface area contributed by atoms with Crippen LogP contribution in [-0.4, -0.2) is 40.0 Å². The Morgan fingerprint density at radius 1 is 1.29 bits per heavy atom. The summed E-state index contributed by atoms with van der Waals surface area (Å²) in [5.41, 5.74) is 1.25. The smallest absolute Gasteiger partial charge is 0.0700 e. The maximum Gasteiger partial charge on any atom is 0.0700 e. The molecule has 0 heterocycles. The standard InChI is InChI=1S/C11H23NO2/c1-4-11(2)10-12-6-5-7-14-9-8-13-3/h12H,2,4-10H2,1,3H3. The highest BCUT2D eigenvalue weighted by Crippen LogP contribution is 1.92. The maximum absolute atomic E-state index is 5.32. The van der Waals surface area contributed by atoms with Gasteiger partial charge in [-0.3, -0.25) is 0 Å². The zero-order valence-corrected chi connectivity index (χ0v) is 9.47. The summed E-state index contributed by atoms with van der Waals surface area (Å²) in [4.78, 5) is 0. The van der Waals surface area contributed by atoms with Crippen LogP contribution in [0.25, 0.3) is 0 Å². The van der Waals surface area contributed by atoms with Crippen LogP contribution in [0.5, 0.6) is 0 Å². The fourth-order valence-corrected chi connectivity index (χ4v) is 0.934. The molecule has 0 aromatic rings. The van der Waals surface area contributed by atoms with E-state index < -0.39 is 0 Å². The van der Waals surface area contributed by atoms with E-state index in [1.165, 1.54) is 5.57 Å². The Bertz CT molecular complexity index is 137. The zero-order valence-electron chi connectivity index (χ0n) is 9.47. The summed E-state index contributed by atoms with van der Waals surface area (Å²) in [7, 11) is 1.68. The monoisotopic (exact) mass is 201 g/mol. The minimum absolute atomic E-state index is 0.681. The number of ether oxygens (including phenoxy) is 2. The summed E-state index contributed by atoms with van der Waals surface area (Å²) < 4.78 is 10.2. The third kappa shape index (κ3) is 9.71. The largest absolute Gasteiger partial charge is 0.382 e. The first-order valence-electron chi connectivity index (χ1n) is 5.25. The van der Waals surface area contributed by atoms with Gasteiger partial charge in [-0.2, -0.15) is 0 Å². The Hall–Kier alpha value is -0.380. The number of hydrogen-bond donors (Lipinski definition) is 1. The summed E-state index contributed by atoms with van der Waals surface area (Å²) in [5, 5.41) is 3.32. The van der Waals surface area contributed by atoms with Crippen LogP contribution in [0.1, 0.15) is 19.8 Å². The molecule has 0 amide bonds. The molecule has 0 aliphatic carbocycles. The van der Waals surface area contributed by atoms with Gasteiger partial charge in [0, 0.05) is 20.3 Å². The number of nitrogens with one attached hydrogen (secondary N) is 1. The normalized spacial score (nSPS) is 10.4. The van der Waals surface area contributed by atoms with E-state index in [0.717, 1.165) is 32.5 Å². The fourth-order valence-electron chi connectivity index (χ4n) is 0.934. The van der Waals surface area contributed by atoms with Gasteiger partial charge in [0.25, 0.3) is 0 Å². The van der Waals surface area contributed by atoms with Crippen molar-refractivity contribution in [2.45, 2.75) is 19.8 Å². The molecule has 0 radical (unpaired) electrons. The van der Waals surface area contributed by atoms with E-state index in [0.29, 0.717) is 13.2 Å². The fraction of sp³-hybridized carbons (Fsp3) is 0.818. The number of methoxy groups -OCH3 is 1. The van der Waals surface area contributed by atoms with Crippen molar-refractivity contribution in [2.24, 2.45) is 0 Å². The lowest BCUT2D eigenvalue weighted by Gasteiger charge is -2.06. The highest BCUT2D eigenvalue weighted by molar-refractivity contribution is 4.94. The van der Waals surface area contributed by atoms with Crippen molar-refractivity contribution in [2.75, 3.05) is 40.0 Å². The molecule has 0 spiro atoms. The van der Waals surface area contributed by atoms with Crippen molar-refractivity contribution < 1.29 is 9.47 Å². The molecule has 3 heteroatoms. The van der Waals surface area contributed by atoms with Gasteiger partial charge < -0.3 is 14.8 Å². The van der Waals surface area contributed by atoms with E-state index in [1.807, 2.05) is 0 Å². The van der Waals surface area contributed by atoms with Gasteiger partial charge in [-0.15, -0.1) is 0 Å². The highest BCUT2D eigenvalue weighted by atomic mass is 16.5. The summed E-state index contributed by atoms with van der Waals surface area (Å²) in [6.07, 6.45) is 2.10. The van der Waals surface area contributed by atoms with E-state index in [9.17, 15) is 0 Å². The molecule has 0 unspecified atom stereocenters. The van der Waals surface area contributed by atoms with E-state index in [4.69, 9.17) is 9.47 Å². The van der Waals surface area contributed by atoms with Crippen molar-refractivity contribution >= 4 is 0 Å². The van der Waals surface area contributed by atoms with Gasteiger partial charge in [-0.25, -0.2) is 0 Å². The molecule has 0 atom stereocenters. The van der Waals surface area contributed by atoms with Crippen LogP contribution in [-0.2, 0) is 9.47 Å².